The Hall–Kier alpha value is -0.200. The van der Waals surface area contributed by atoms with Gasteiger partial charge in [0, 0.05) is 26.6 Å². The van der Waals surface area contributed by atoms with Crippen LogP contribution in [0.25, 0.3) is 11.1 Å². The fraction of sp³-hybridized carbons (Fsp3) is 0.200. The van der Waals surface area contributed by atoms with Crippen LogP contribution in [0.5, 0.6) is 0 Å². The summed E-state index contributed by atoms with van der Waals surface area (Å²) in [5, 5.41) is -6.28. The standard InChI is InChI=1S/C15H4Br2Cl2F7OS/c16-6-4-7(17)11(12-8(18)2-1-3-9(12)19)10(5-6)28(27)15(25,26)13(20,21)14(22,23)24/h1-3,5H. The molecular weight excluding hydrogens is 592 g/mol. The Kier molecular flexibility index (Phi) is 7.00. The van der Waals surface area contributed by atoms with Crippen molar-refractivity contribution >= 4 is 66.2 Å². The molecule has 0 aliphatic heterocycles. The Morgan fingerprint density at radius 1 is 0.929 bits per heavy atom. The molecule has 1 unspecified atom stereocenters. The minimum atomic E-state index is -6.64. The number of benzene rings is 2. The zero-order chi connectivity index (χ0) is 21.7. The van der Waals surface area contributed by atoms with Gasteiger partial charge in [0.15, 0.2) is 4.90 Å². The van der Waals surface area contributed by atoms with Crippen LogP contribution in [0.15, 0.2) is 38.1 Å². The Labute approximate surface area is 183 Å². The molecule has 0 saturated heterocycles. The summed E-state index contributed by atoms with van der Waals surface area (Å²) in [6, 6.07) is 7.13. The minimum absolute atomic E-state index is 0.138. The van der Waals surface area contributed by atoms with Crippen molar-refractivity contribution in [2.75, 3.05) is 0 Å². The third-order valence-electron chi connectivity index (χ3n) is 3.32. The van der Waals surface area contributed by atoms with E-state index in [9.17, 15) is 35.3 Å². The first-order chi connectivity index (χ1) is 12.6. The largest absolute Gasteiger partial charge is 0.606 e. The van der Waals surface area contributed by atoms with Gasteiger partial charge in [0.1, 0.15) is 0 Å². The van der Waals surface area contributed by atoms with Crippen LogP contribution in [0.2, 0.25) is 10.0 Å². The van der Waals surface area contributed by atoms with Gasteiger partial charge < -0.3 is 4.55 Å². The van der Waals surface area contributed by atoms with Gasteiger partial charge >= 0.3 is 17.4 Å². The third-order valence-corrected chi connectivity index (χ3v) is 6.42. The van der Waals surface area contributed by atoms with E-state index in [1.165, 1.54) is 18.2 Å². The number of halogens is 11. The van der Waals surface area contributed by atoms with E-state index in [0.717, 1.165) is 0 Å². The van der Waals surface area contributed by atoms with Gasteiger partial charge in [-0.3, -0.25) is 0 Å². The second-order valence-electron chi connectivity index (χ2n) is 5.12. The Balaban J connectivity index is 2.80. The van der Waals surface area contributed by atoms with E-state index < -0.39 is 39.0 Å². The number of hydrogen-bond acceptors (Lipinski definition) is 1. The number of alkyl halides is 7. The summed E-state index contributed by atoms with van der Waals surface area (Å²) in [5.41, 5.74) is -0.661. The highest BCUT2D eigenvalue weighted by Gasteiger charge is 2.80. The number of rotatable bonds is 4. The normalized spacial score (nSPS) is 14.3. The fourth-order valence-corrected chi connectivity index (χ4v) is 5.46. The van der Waals surface area contributed by atoms with Crippen molar-refractivity contribution in [3.05, 3.63) is 49.3 Å². The molecule has 0 bridgehead atoms. The molecule has 0 saturated carbocycles. The second-order valence-corrected chi connectivity index (χ2v) is 9.08. The summed E-state index contributed by atoms with van der Waals surface area (Å²) in [5.74, 6) is -6.56. The van der Waals surface area contributed by atoms with Crippen molar-refractivity contribution in [3.63, 3.8) is 0 Å². The maximum atomic E-state index is 14.1. The summed E-state index contributed by atoms with van der Waals surface area (Å²) in [4.78, 5) is -1.05. The van der Waals surface area contributed by atoms with Gasteiger partial charge in [0.05, 0.1) is 26.8 Å². The van der Waals surface area contributed by atoms with Crippen molar-refractivity contribution in [1.82, 2.24) is 0 Å². The van der Waals surface area contributed by atoms with Gasteiger partial charge in [-0.15, -0.1) is 8.78 Å². The molecule has 1 atom stereocenters. The van der Waals surface area contributed by atoms with Crippen molar-refractivity contribution in [1.29, 1.82) is 0 Å². The minimum Gasteiger partial charge on any atom is -0.606 e. The van der Waals surface area contributed by atoms with Gasteiger partial charge in [-0.25, -0.2) is 0 Å². The van der Waals surface area contributed by atoms with Crippen LogP contribution >= 0.6 is 55.1 Å². The van der Waals surface area contributed by atoms with E-state index in [0.29, 0.717) is 6.07 Å². The summed E-state index contributed by atoms with van der Waals surface area (Å²) < 4.78 is 104. The van der Waals surface area contributed by atoms with Crippen LogP contribution in [-0.4, -0.2) is 21.9 Å². The maximum Gasteiger partial charge on any atom is 0.486 e. The lowest BCUT2D eigenvalue weighted by Crippen LogP contribution is -2.56. The van der Waals surface area contributed by atoms with Crippen LogP contribution < -0.4 is 0 Å². The highest BCUT2D eigenvalue weighted by Crippen LogP contribution is 2.53. The molecule has 28 heavy (non-hydrogen) atoms. The predicted molar refractivity (Wildman–Crippen MR) is 98.5 cm³/mol. The Morgan fingerprint density at radius 2 is 1.43 bits per heavy atom. The molecule has 1 nitrogen and oxygen atoms in total. The highest BCUT2D eigenvalue weighted by atomic mass is 79.9. The molecule has 0 spiro atoms. The first kappa shape index (κ1) is 24.1. The third kappa shape index (κ3) is 4.15. The number of hydrogen-bond donors (Lipinski definition) is 0. The van der Waals surface area contributed by atoms with Crippen molar-refractivity contribution < 1.29 is 35.3 Å². The van der Waals surface area contributed by atoms with Gasteiger partial charge in [-0.2, -0.15) is 22.0 Å². The van der Waals surface area contributed by atoms with Gasteiger partial charge in [0.25, 0.3) is 0 Å². The van der Waals surface area contributed by atoms with E-state index in [-0.39, 0.29) is 24.6 Å². The summed E-state index contributed by atoms with van der Waals surface area (Å²) >= 11 is 13.6. The Morgan fingerprint density at radius 3 is 1.89 bits per heavy atom. The molecule has 2 rings (SSSR count). The van der Waals surface area contributed by atoms with E-state index in [1.54, 1.807) is 0 Å². The first-order valence-corrected chi connectivity index (χ1v) is 10.2. The van der Waals surface area contributed by atoms with E-state index in [4.69, 9.17) is 23.2 Å². The van der Waals surface area contributed by atoms with Crippen molar-refractivity contribution in [3.8, 4) is 11.1 Å². The molecule has 0 amide bonds. The molecule has 2 aromatic carbocycles. The van der Waals surface area contributed by atoms with Gasteiger partial charge in [0.2, 0.25) is 0 Å². The predicted octanol–water partition coefficient (Wildman–Crippen LogP) is 7.88. The molecule has 0 N–H and O–H groups in total. The van der Waals surface area contributed by atoms with Gasteiger partial charge in [-0.1, -0.05) is 29.3 Å². The molecule has 0 heterocycles. The summed E-state index contributed by atoms with van der Waals surface area (Å²) in [6.45, 7) is 0. The maximum absolute atomic E-state index is 14.1. The molecule has 2 aromatic rings. The van der Waals surface area contributed by atoms with E-state index in [2.05, 4.69) is 37.9 Å². The smallest absolute Gasteiger partial charge is 0.486 e. The molecule has 13 heteroatoms. The quantitative estimate of drug-likeness (QED) is 0.260. The van der Waals surface area contributed by atoms with Crippen LogP contribution in [0.4, 0.5) is 30.7 Å². The fourth-order valence-electron chi connectivity index (χ4n) is 2.03. The molecule has 0 aromatic heterocycles. The van der Waals surface area contributed by atoms with Crippen LogP contribution in [0, 0.1) is 6.07 Å². The molecular formula is C15H4Br2Cl2F7OS. The molecule has 1 radical (unpaired) electrons. The molecule has 0 aliphatic rings. The molecule has 153 valence electrons. The lowest BCUT2D eigenvalue weighted by Gasteiger charge is -2.29. The van der Waals surface area contributed by atoms with E-state index in [1.807, 2.05) is 0 Å². The molecule has 0 fully saturated rings. The highest BCUT2D eigenvalue weighted by molar-refractivity contribution is 9.11. The lowest BCUT2D eigenvalue weighted by molar-refractivity contribution is -0.332. The van der Waals surface area contributed by atoms with Crippen molar-refractivity contribution in [2.24, 2.45) is 0 Å². The van der Waals surface area contributed by atoms with Crippen LogP contribution in [0.1, 0.15) is 0 Å². The monoisotopic (exact) mass is 593 g/mol. The second kappa shape index (κ2) is 8.14. The van der Waals surface area contributed by atoms with Crippen molar-refractivity contribution in [2.45, 2.75) is 22.2 Å². The Bertz CT molecular complexity index is 888. The zero-order valence-corrected chi connectivity index (χ0v) is 18.3. The summed E-state index contributed by atoms with van der Waals surface area (Å²) in [7, 11) is 0. The molecule has 0 aliphatic carbocycles. The van der Waals surface area contributed by atoms with Crippen LogP contribution in [-0.2, 0) is 11.2 Å². The summed E-state index contributed by atoms with van der Waals surface area (Å²) in [6.07, 6.45) is -6.64. The zero-order valence-electron chi connectivity index (χ0n) is 12.8. The average molecular weight is 596 g/mol. The average Bonchev–Trinajstić information content (AvgIpc) is 2.54. The van der Waals surface area contributed by atoms with Gasteiger partial charge in [-0.05, 0) is 44.0 Å². The lowest BCUT2D eigenvalue weighted by atomic mass is 10.1. The SMILES string of the molecule is [O-][S+](c1cc(Br)[c]c(Br)c1-c1c(Cl)cccc1Cl)C(F)(F)C(F)(F)C(F)(F)F. The van der Waals surface area contributed by atoms with Crippen LogP contribution in [0.3, 0.4) is 0 Å². The first-order valence-electron chi connectivity index (χ1n) is 6.73. The van der Waals surface area contributed by atoms with E-state index >= 15 is 0 Å². The topological polar surface area (TPSA) is 23.1 Å².